The summed E-state index contributed by atoms with van der Waals surface area (Å²) < 4.78 is 6.29. The molecule has 0 saturated heterocycles. The minimum absolute atomic E-state index is 0.00440. The fourth-order valence-electron chi connectivity index (χ4n) is 3.59. The predicted molar refractivity (Wildman–Crippen MR) is 121 cm³/mol. The van der Waals surface area contributed by atoms with Crippen LogP contribution in [-0.4, -0.2) is 60.8 Å². The van der Waals surface area contributed by atoms with Gasteiger partial charge in [-0.25, -0.2) is 4.79 Å². The van der Waals surface area contributed by atoms with E-state index in [9.17, 15) is 14.7 Å². The van der Waals surface area contributed by atoms with Gasteiger partial charge in [0.15, 0.2) is 5.75 Å². The van der Waals surface area contributed by atoms with Crippen molar-refractivity contribution in [1.82, 2.24) is 10.2 Å². The van der Waals surface area contributed by atoms with Gasteiger partial charge in [0.2, 0.25) is 0 Å². The molecule has 3 rings (SSSR count). The molecule has 31 heavy (non-hydrogen) atoms. The molecule has 1 heterocycles. The van der Waals surface area contributed by atoms with Gasteiger partial charge in [0.05, 0.1) is 23.9 Å². The van der Waals surface area contributed by atoms with Crippen LogP contribution in [0.4, 0.5) is 16.2 Å². The number of aliphatic hydroxyl groups is 1. The lowest BCUT2D eigenvalue weighted by atomic mass is 9.99. The lowest BCUT2D eigenvalue weighted by molar-refractivity contribution is 0.0417. The van der Waals surface area contributed by atoms with Gasteiger partial charge in [-0.15, -0.1) is 0 Å². The molecule has 0 bridgehead atoms. The average molecular weight is 427 g/mol. The second kappa shape index (κ2) is 10.3. The molecule has 8 nitrogen and oxygen atoms in total. The van der Waals surface area contributed by atoms with Gasteiger partial charge >= 0.3 is 6.03 Å². The van der Waals surface area contributed by atoms with E-state index >= 15 is 0 Å². The van der Waals surface area contributed by atoms with Gasteiger partial charge in [0.1, 0.15) is 6.10 Å². The van der Waals surface area contributed by atoms with Crippen molar-refractivity contribution in [2.75, 3.05) is 37.4 Å². The lowest BCUT2D eigenvalue weighted by Crippen LogP contribution is -2.49. The number of nitrogens with one attached hydrogen (secondary N) is 3. The van der Waals surface area contributed by atoms with Crippen LogP contribution in [0.3, 0.4) is 0 Å². The van der Waals surface area contributed by atoms with Crippen molar-refractivity contribution < 1.29 is 19.4 Å². The first kappa shape index (κ1) is 22.6. The number of hydrogen-bond acceptors (Lipinski definition) is 5. The maximum atomic E-state index is 13.3. The van der Waals surface area contributed by atoms with Gasteiger partial charge in [0, 0.05) is 24.7 Å². The van der Waals surface area contributed by atoms with Gasteiger partial charge in [-0.2, -0.15) is 0 Å². The molecule has 1 aliphatic rings. The molecule has 2 aromatic rings. The number of amides is 3. The first-order chi connectivity index (χ1) is 14.9. The number of para-hydroxylation sites is 2. The topological polar surface area (TPSA) is 103 Å². The van der Waals surface area contributed by atoms with E-state index < -0.39 is 6.03 Å². The molecule has 0 aliphatic carbocycles. The Labute approximate surface area is 182 Å². The number of urea groups is 1. The molecule has 2 aromatic carbocycles. The SMILES string of the molecule is CNC[C@H]1Oc2c(NC(=O)Nc3ccccc3)cccc2C(=O)N([C@@H](C)CO)C[C@@H]1C. The van der Waals surface area contributed by atoms with E-state index in [1.165, 1.54) is 0 Å². The summed E-state index contributed by atoms with van der Waals surface area (Å²) in [5.41, 5.74) is 1.41. The molecule has 3 amide bonds. The minimum atomic E-state index is -0.434. The van der Waals surface area contributed by atoms with E-state index in [1.807, 2.05) is 39.1 Å². The van der Waals surface area contributed by atoms with E-state index in [0.29, 0.717) is 35.8 Å². The number of carbonyl (C=O) groups excluding carboxylic acids is 2. The van der Waals surface area contributed by atoms with Crippen molar-refractivity contribution in [3.8, 4) is 5.75 Å². The zero-order valence-electron chi connectivity index (χ0n) is 18.1. The Hall–Kier alpha value is -3.10. The number of benzene rings is 2. The fourth-order valence-corrected chi connectivity index (χ4v) is 3.59. The third kappa shape index (κ3) is 5.34. The van der Waals surface area contributed by atoms with Crippen LogP contribution >= 0.6 is 0 Å². The lowest BCUT2D eigenvalue weighted by Gasteiger charge is -2.37. The Morgan fingerprint density at radius 1 is 1.19 bits per heavy atom. The predicted octanol–water partition coefficient (Wildman–Crippen LogP) is 2.77. The smallest absolute Gasteiger partial charge is 0.323 e. The molecule has 1 aliphatic heterocycles. The summed E-state index contributed by atoms with van der Waals surface area (Å²) >= 11 is 0. The van der Waals surface area contributed by atoms with Crippen molar-refractivity contribution in [2.45, 2.75) is 26.0 Å². The number of carbonyl (C=O) groups is 2. The molecule has 4 N–H and O–H groups in total. The Bertz CT molecular complexity index is 906. The molecule has 0 radical (unpaired) electrons. The van der Waals surface area contributed by atoms with E-state index in [4.69, 9.17) is 4.74 Å². The fraction of sp³-hybridized carbons (Fsp3) is 0.391. The number of nitrogens with zero attached hydrogens (tertiary/aromatic N) is 1. The number of rotatable bonds is 6. The summed E-state index contributed by atoms with van der Waals surface area (Å²) in [5.74, 6) is 0.0980. The van der Waals surface area contributed by atoms with Crippen LogP contribution in [0.25, 0.3) is 0 Å². The van der Waals surface area contributed by atoms with Crippen molar-refractivity contribution in [3.63, 3.8) is 0 Å². The number of ether oxygens (including phenoxy) is 1. The molecular weight excluding hydrogens is 396 g/mol. The van der Waals surface area contributed by atoms with E-state index in [2.05, 4.69) is 16.0 Å². The largest absolute Gasteiger partial charge is 0.486 e. The summed E-state index contributed by atoms with van der Waals surface area (Å²) in [4.78, 5) is 27.6. The first-order valence-electron chi connectivity index (χ1n) is 10.4. The van der Waals surface area contributed by atoms with Crippen molar-refractivity contribution >= 4 is 23.3 Å². The zero-order valence-corrected chi connectivity index (χ0v) is 18.1. The quantitative estimate of drug-likeness (QED) is 0.569. The van der Waals surface area contributed by atoms with Gasteiger partial charge in [-0.1, -0.05) is 31.2 Å². The van der Waals surface area contributed by atoms with Crippen LogP contribution in [-0.2, 0) is 0 Å². The summed E-state index contributed by atoms with van der Waals surface area (Å²) in [6.45, 7) is 4.72. The molecule has 0 fully saturated rings. The molecule has 166 valence electrons. The number of hydrogen-bond donors (Lipinski definition) is 4. The third-order valence-corrected chi connectivity index (χ3v) is 5.38. The van der Waals surface area contributed by atoms with Crippen LogP contribution in [0, 0.1) is 5.92 Å². The number of fused-ring (bicyclic) bond motifs is 1. The van der Waals surface area contributed by atoms with Crippen LogP contribution < -0.4 is 20.7 Å². The van der Waals surface area contributed by atoms with Crippen molar-refractivity contribution in [3.05, 3.63) is 54.1 Å². The molecule has 0 aromatic heterocycles. The first-order valence-corrected chi connectivity index (χ1v) is 10.4. The standard InChI is InChI=1S/C23H30N4O4/c1-15-13-27(16(2)14-28)22(29)18-10-7-11-19(21(18)31-20(15)12-24-3)26-23(30)25-17-8-5-4-6-9-17/h4-11,15-16,20,24,28H,12-14H2,1-3H3,(H2,25,26,30)/t15-,16-,20+/m0/s1. The summed E-state index contributed by atoms with van der Waals surface area (Å²) in [7, 11) is 1.84. The number of likely N-dealkylation sites (N-methyl/N-ethyl adjacent to an activating group) is 1. The van der Waals surface area contributed by atoms with Crippen LogP contribution in [0.1, 0.15) is 24.2 Å². The molecule has 0 spiro atoms. The highest BCUT2D eigenvalue weighted by Gasteiger charge is 2.33. The van der Waals surface area contributed by atoms with E-state index in [-0.39, 0.29) is 30.6 Å². The number of aliphatic hydroxyl groups excluding tert-OH is 1. The van der Waals surface area contributed by atoms with Crippen molar-refractivity contribution in [2.24, 2.45) is 5.92 Å². The highest BCUT2D eigenvalue weighted by atomic mass is 16.5. The summed E-state index contributed by atoms with van der Waals surface area (Å²) in [5, 5.41) is 18.4. The van der Waals surface area contributed by atoms with Crippen LogP contribution in [0.15, 0.2) is 48.5 Å². The van der Waals surface area contributed by atoms with Crippen molar-refractivity contribution in [1.29, 1.82) is 0 Å². The van der Waals surface area contributed by atoms with E-state index in [1.54, 1.807) is 35.2 Å². The highest BCUT2D eigenvalue weighted by Crippen LogP contribution is 2.34. The maximum absolute atomic E-state index is 13.3. The number of anilines is 2. The zero-order chi connectivity index (χ0) is 22.4. The Morgan fingerprint density at radius 3 is 2.61 bits per heavy atom. The Kier molecular flexibility index (Phi) is 7.49. The van der Waals surface area contributed by atoms with E-state index in [0.717, 1.165) is 0 Å². The van der Waals surface area contributed by atoms with Crippen LogP contribution in [0.5, 0.6) is 5.75 Å². The highest BCUT2D eigenvalue weighted by molar-refractivity contribution is 6.04. The average Bonchev–Trinajstić information content (AvgIpc) is 2.76. The molecule has 8 heteroatoms. The second-order valence-electron chi connectivity index (χ2n) is 7.81. The third-order valence-electron chi connectivity index (χ3n) is 5.38. The molecule has 0 unspecified atom stereocenters. The van der Waals surface area contributed by atoms with Gasteiger partial charge in [-0.05, 0) is 38.2 Å². The van der Waals surface area contributed by atoms with Gasteiger partial charge < -0.3 is 30.7 Å². The molecule has 3 atom stereocenters. The molecule has 0 saturated carbocycles. The van der Waals surface area contributed by atoms with Crippen LogP contribution in [0.2, 0.25) is 0 Å². The maximum Gasteiger partial charge on any atom is 0.323 e. The summed E-state index contributed by atoms with van der Waals surface area (Å²) in [6.07, 6.45) is -0.231. The normalized spacial score (nSPS) is 19.5. The summed E-state index contributed by atoms with van der Waals surface area (Å²) in [6, 6.07) is 13.4. The Balaban J connectivity index is 1.95. The monoisotopic (exact) mass is 426 g/mol. The second-order valence-corrected chi connectivity index (χ2v) is 7.81. The van der Waals surface area contributed by atoms with Gasteiger partial charge in [0.25, 0.3) is 5.91 Å². The van der Waals surface area contributed by atoms with Gasteiger partial charge in [-0.3, -0.25) is 4.79 Å². The Morgan fingerprint density at radius 2 is 1.94 bits per heavy atom. The molecular formula is C23H30N4O4. The minimum Gasteiger partial charge on any atom is -0.486 e.